The number of methoxy groups -OCH3 is 2. The Morgan fingerprint density at radius 1 is 0.766 bits per heavy atom. The molecule has 8 rings (SSSR count). The van der Waals surface area contributed by atoms with Crippen molar-refractivity contribution in [3.05, 3.63) is 127 Å². The van der Waals surface area contributed by atoms with Crippen molar-refractivity contribution in [3.8, 4) is 33.6 Å². The van der Waals surface area contributed by atoms with E-state index >= 15 is 0 Å². The summed E-state index contributed by atoms with van der Waals surface area (Å²) < 4.78 is 17.5. The minimum atomic E-state index is -1.13. The number of hydrogen-bond acceptors (Lipinski definition) is 10. The minimum absolute atomic E-state index is 0.0910. The van der Waals surface area contributed by atoms with Crippen LogP contribution >= 0.6 is 0 Å². The van der Waals surface area contributed by atoms with Gasteiger partial charge >= 0.3 is 12.2 Å². The third-order valence-electron chi connectivity index (χ3n) is 12.0. The van der Waals surface area contributed by atoms with Crippen LogP contribution in [0.3, 0.4) is 0 Å². The Bertz CT molecular complexity index is 2550. The Balaban J connectivity index is 0.900. The van der Waals surface area contributed by atoms with Gasteiger partial charge in [0.2, 0.25) is 5.91 Å². The molecule has 2 saturated heterocycles. The summed E-state index contributed by atoms with van der Waals surface area (Å²) in [5.74, 6) is 0.733. The van der Waals surface area contributed by atoms with Crippen molar-refractivity contribution in [2.24, 2.45) is 5.73 Å². The largest absolute Gasteiger partial charge is 0.453 e. The highest BCUT2D eigenvalue weighted by atomic mass is 16.6. The number of likely N-dealkylation sites (tertiary alicyclic amines) is 2. The molecule has 64 heavy (non-hydrogen) atoms. The maximum atomic E-state index is 14.0. The van der Waals surface area contributed by atoms with E-state index in [1.807, 2.05) is 65.4 Å². The van der Waals surface area contributed by atoms with Gasteiger partial charge in [-0.1, -0.05) is 78.9 Å². The van der Waals surface area contributed by atoms with Crippen molar-refractivity contribution in [2.75, 3.05) is 27.3 Å². The predicted octanol–water partition coefficient (Wildman–Crippen LogP) is 6.17. The Morgan fingerprint density at radius 2 is 1.31 bits per heavy atom. The number of imidazole rings is 3. The first-order chi connectivity index (χ1) is 31.1. The lowest BCUT2D eigenvalue weighted by Crippen LogP contribution is -2.54. The predicted molar refractivity (Wildman–Crippen MR) is 236 cm³/mol. The number of hydrogen-bond donors (Lipinski definition) is 4. The normalized spacial score (nSPS) is 17.5. The molecular weight excluding hydrogens is 817 g/mol. The van der Waals surface area contributed by atoms with Crippen molar-refractivity contribution < 1.29 is 33.4 Å². The second kappa shape index (κ2) is 19.4. The van der Waals surface area contributed by atoms with Crippen molar-refractivity contribution in [1.29, 1.82) is 0 Å². The lowest BCUT2D eigenvalue weighted by molar-refractivity contribution is -0.141. The van der Waals surface area contributed by atoms with Gasteiger partial charge in [0.05, 0.1) is 61.1 Å². The summed E-state index contributed by atoms with van der Waals surface area (Å²) in [5.41, 5.74) is 12.7. The summed E-state index contributed by atoms with van der Waals surface area (Å²) in [5, 5.41) is 2.62. The lowest BCUT2D eigenvalue weighted by Gasteiger charge is -2.30. The number of H-pyrrole nitrogens is 2. The minimum Gasteiger partial charge on any atom is -0.453 e. The Hall–Kier alpha value is -7.27. The van der Waals surface area contributed by atoms with E-state index in [9.17, 15) is 19.2 Å². The van der Waals surface area contributed by atoms with E-state index in [1.54, 1.807) is 35.4 Å². The number of amides is 4. The molecule has 5 heterocycles. The molecule has 17 nitrogen and oxygen atoms in total. The van der Waals surface area contributed by atoms with Gasteiger partial charge in [-0.05, 0) is 60.4 Å². The summed E-state index contributed by atoms with van der Waals surface area (Å²) in [7, 11) is 2.75. The molecule has 0 unspecified atom stereocenters. The van der Waals surface area contributed by atoms with Gasteiger partial charge in [-0.25, -0.2) is 24.5 Å². The van der Waals surface area contributed by atoms with Gasteiger partial charge in [-0.3, -0.25) is 9.59 Å². The fourth-order valence-electron chi connectivity index (χ4n) is 8.59. The average molecular weight is 869 g/mol. The highest BCUT2D eigenvalue weighted by Crippen LogP contribution is 2.35. The van der Waals surface area contributed by atoms with E-state index in [4.69, 9.17) is 24.9 Å². The summed E-state index contributed by atoms with van der Waals surface area (Å²) in [6, 6.07) is 24.8. The summed E-state index contributed by atoms with van der Waals surface area (Å²) in [6.07, 6.45) is 6.78. The van der Waals surface area contributed by atoms with Crippen LogP contribution in [0.2, 0.25) is 0 Å². The van der Waals surface area contributed by atoms with Gasteiger partial charge < -0.3 is 49.6 Å². The van der Waals surface area contributed by atoms with Gasteiger partial charge in [0.25, 0.3) is 5.91 Å². The molecule has 0 bridgehead atoms. The second-order valence-electron chi connectivity index (χ2n) is 16.1. The topological polar surface area (TPSA) is 216 Å². The number of nitrogens with two attached hydrogens (primary N) is 1. The zero-order chi connectivity index (χ0) is 44.7. The van der Waals surface area contributed by atoms with Gasteiger partial charge in [-0.2, -0.15) is 0 Å². The molecule has 2 aliphatic rings. The van der Waals surface area contributed by atoms with Gasteiger partial charge in [-0.15, -0.1) is 0 Å². The van der Waals surface area contributed by atoms with Gasteiger partial charge in [0.1, 0.15) is 17.7 Å². The maximum Gasteiger partial charge on any atom is 0.407 e. The first kappa shape index (κ1) is 43.4. The molecule has 0 spiro atoms. The zero-order valence-corrected chi connectivity index (χ0v) is 36.0. The van der Waals surface area contributed by atoms with Gasteiger partial charge in [0, 0.05) is 39.4 Å². The first-order valence-electron chi connectivity index (χ1n) is 21.4. The maximum absolute atomic E-state index is 14.0. The molecule has 17 heteroatoms. The third kappa shape index (κ3) is 9.68. The number of aromatic amines is 2. The monoisotopic (exact) mass is 868 g/mol. The lowest BCUT2D eigenvalue weighted by atomic mass is 10.0. The van der Waals surface area contributed by atoms with Crippen LogP contribution in [0.4, 0.5) is 9.59 Å². The van der Waals surface area contributed by atoms with Crippen LogP contribution in [0.5, 0.6) is 0 Å². The van der Waals surface area contributed by atoms with Crippen LogP contribution in [0, 0.1) is 0 Å². The number of benzene rings is 3. The van der Waals surface area contributed by atoms with Crippen molar-refractivity contribution >= 4 is 24.0 Å². The van der Waals surface area contributed by atoms with E-state index in [0.717, 1.165) is 58.5 Å². The van der Waals surface area contributed by atoms with E-state index < -0.39 is 30.4 Å². The van der Waals surface area contributed by atoms with Crippen LogP contribution < -0.4 is 11.1 Å². The van der Waals surface area contributed by atoms with E-state index in [0.29, 0.717) is 43.4 Å². The molecule has 0 aliphatic carbocycles. The molecule has 5 atom stereocenters. The molecule has 0 saturated carbocycles. The number of nitrogens with zero attached hydrogens (tertiary/aromatic N) is 6. The van der Waals surface area contributed by atoms with E-state index in [2.05, 4.69) is 49.5 Å². The summed E-state index contributed by atoms with van der Waals surface area (Å²) in [6.45, 7) is 3.37. The third-order valence-corrected chi connectivity index (χ3v) is 12.0. The highest BCUT2D eigenvalue weighted by Gasteiger charge is 2.39. The molecule has 2 fully saturated rings. The van der Waals surface area contributed by atoms with Crippen LogP contribution in [0.25, 0.3) is 33.6 Å². The zero-order valence-electron chi connectivity index (χ0n) is 36.0. The van der Waals surface area contributed by atoms with E-state index in [-0.39, 0.29) is 30.3 Å². The van der Waals surface area contributed by atoms with Crippen molar-refractivity contribution in [3.63, 3.8) is 0 Å². The average Bonchev–Trinajstić information content (AvgIpc) is 4.18. The Kier molecular flexibility index (Phi) is 13.2. The SMILES string of the molecule is COC(=O)N[C@H](C(=O)N1CCC[C@H]1c1ncc(-c2ccc(-c3ccc(-c4cnc([C@@H]5CCCN5C(=O)[C@H](Cc5cn(Cc6ccccc6)cn5)OC(N)=O)[nH]4)cc3)cc2)[nH]1)[C@@H](C)OC. The van der Waals surface area contributed by atoms with Crippen molar-refractivity contribution in [2.45, 2.75) is 75.9 Å². The number of ether oxygens (including phenoxy) is 3. The Labute approximate surface area is 370 Å². The number of primary amides is 1. The molecule has 332 valence electrons. The molecule has 4 amide bonds. The quantitative estimate of drug-likeness (QED) is 0.0921. The number of nitrogens with one attached hydrogen (secondary N) is 3. The number of rotatable bonds is 15. The molecule has 0 radical (unpaired) electrons. The van der Waals surface area contributed by atoms with E-state index in [1.165, 1.54) is 14.2 Å². The summed E-state index contributed by atoms with van der Waals surface area (Å²) in [4.78, 5) is 75.8. The number of aromatic nitrogens is 6. The molecule has 5 N–H and O–H groups in total. The summed E-state index contributed by atoms with van der Waals surface area (Å²) >= 11 is 0. The van der Waals surface area contributed by atoms with Crippen LogP contribution in [0.15, 0.2) is 104 Å². The number of carbonyl (C=O) groups excluding carboxylic acids is 4. The van der Waals surface area contributed by atoms with Gasteiger partial charge in [0.15, 0.2) is 6.10 Å². The molecular formula is C47H52N10O7. The van der Waals surface area contributed by atoms with Crippen molar-refractivity contribution in [1.82, 2.24) is 44.6 Å². The smallest absolute Gasteiger partial charge is 0.407 e. The Morgan fingerprint density at radius 3 is 1.84 bits per heavy atom. The fraction of sp³-hybridized carbons (Fsp3) is 0.340. The standard InChI is InChI=1S/C47H52N10O7/c1-29(62-2)41(54-47(61)63-3)45(59)57-22-8-12-39(57)43-50-25-37(53-43)34-19-15-32(16-20-34)31-13-17-33(18-14-31)36-24-49-42(52-36)38-11-7-21-56(38)44(58)40(64-46(48)60)23-35-27-55(28-51-35)26-30-9-5-4-6-10-30/h4-6,9-10,13-20,24-25,27-29,38-41H,7-8,11-12,21-23,26H2,1-3H3,(H2,48,60)(H,49,52)(H,50,53)(H,54,61)/t29-,38+,39+,40+,41+/m1/s1. The molecule has 3 aromatic carbocycles. The number of alkyl carbamates (subject to hydrolysis) is 1. The highest BCUT2D eigenvalue weighted by molar-refractivity contribution is 5.87. The molecule has 3 aromatic heterocycles. The molecule has 6 aromatic rings. The van der Waals surface area contributed by atoms with Crippen LogP contribution in [0.1, 0.15) is 67.6 Å². The van der Waals surface area contributed by atoms with Crippen LogP contribution in [-0.2, 0) is 36.8 Å². The molecule has 2 aliphatic heterocycles. The first-order valence-corrected chi connectivity index (χ1v) is 21.4. The second-order valence-corrected chi connectivity index (χ2v) is 16.1. The fourth-order valence-corrected chi connectivity index (χ4v) is 8.59. The van der Waals surface area contributed by atoms with Crippen LogP contribution in [-0.4, -0.2) is 109 Å². The number of carbonyl (C=O) groups is 4.